The molecule has 0 bridgehead atoms. The fourth-order valence-electron chi connectivity index (χ4n) is 2.01. The topological polar surface area (TPSA) is 58.9 Å². The summed E-state index contributed by atoms with van der Waals surface area (Å²) in [6.45, 7) is 0. The van der Waals surface area contributed by atoms with Crippen LogP contribution in [0.25, 0.3) is 16.7 Å². The predicted octanol–water partition coefficient (Wildman–Crippen LogP) is 3.52. The molecule has 7 heteroatoms. The lowest BCUT2D eigenvalue weighted by molar-refractivity contribution is 0.995. The van der Waals surface area contributed by atoms with Crippen LogP contribution < -0.4 is 0 Å². The van der Waals surface area contributed by atoms with Crippen molar-refractivity contribution in [2.24, 2.45) is 0 Å². The molecule has 0 saturated heterocycles. The minimum absolute atomic E-state index is 0.765. The molecule has 0 amide bonds. The third-order valence-electron chi connectivity index (χ3n) is 2.87. The lowest BCUT2D eigenvalue weighted by Gasteiger charge is -2.01. The highest BCUT2D eigenvalue weighted by Gasteiger charge is 2.11. The minimum atomic E-state index is 0.765. The molecule has 0 aliphatic rings. The first-order valence-corrected chi connectivity index (χ1v) is 7.52. The summed E-state index contributed by atoms with van der Waals surface area (Å²) in [6, 6.07) is 7.95. The van der Waals surface area contributed by atoms with Gasteiger partial charge in [-0.1, -0.05) is 12.1 Å². The van der Waals surface area contributed by atoms with Gasteiger partial charge in [-0.25, -0.2) is 15.0 Å². The molecule has 5 nitrogen and oxygen atoms in total. The van der Waals surface area contributed by atoms with Gasteiger partial charge in [0.1, 0.15) is 9.63 Å². The number of halogens is 1. The molecule has 3 aromatic heterocycles. The quantitative estimate of drug-likeness (QED) is 0.603. The Labute approximate surface area is 126 Å². The first kappa shape index (κ1) is 11.9. The number of imidazole rings is 2. The van der Waals surface area contributed by atoms with E-state index in [4.69, 9.17) is 0 Å². The van der Waals surface area contributed by atoms with Crippen LogP contribution in [0, 0.1) is 0 Å². The lowest BCUT2D eigenvalue weighted by Crippen LogP contribution is -1.91. The molecular formula is C13H8BrN5S. The Balaban J connectivity index is 1.81. The van der Waals surface area contributed by atoms with Gasteiger partial charge in [-0.05, 0) is 39.8 Å². The van der Waals surface area contributed by atoms with Gasteiger partial charge in [-0.15, -0.1) is 0 Å². The number of rotatable bonds is 2. The Kier molecular flexibility index (Phi) is 2.75. The van der Waals surface area contributed by atoms with E-state index in [2.05, 4.69) is 35.9 Å². The molecule has 20 heavy (non-hydrogen) atoms. The Morgan fingerprint density at radius 3 is 3.00 bits per heavy atom. The first-order valence-electron chi connectivity index (χ1n) is 5.91. The summed E-state index contributed by atoms with van der Waals surface area (Å²) >= 11 is 4.88. The van der Waals surface area contributed by atoms with E-state index in [1.165, 1.54) is 11.8 Å². The molecule has 98 valence electrons. The van der Waals surface area contributed by atoms with Gasteiger partial charge >= 0.3 is 0 Å². The van der Waals surface area contributed by atoms with E-state index < -0.39 is 0 Å². The van der Waals surface area contributed by atoms with E-state index in [1.807, 2.05) is 41.1 Å². The smallest absolute Gasteiger partial charge is 0.172 e. The molecule has 0 radical (unpaired) electrons. The standard InChI is InChI=1S/C13H8BrN5S/c14-10-7-19-6-5-15-11(19)12(18-10)20-13-16-8-3-1-2-4-9(8)17-13/h1-7H,(H,16,17). The van der Waals surface area contributed by atoms with Crippen molar-refractivity contribution in [3.63, 3.8) is 0 Å². The van der Waals surface area contributed by atoms with Gasteiger partial charge in [-0.2, -0.15) is 0 Å². The van der Waals surface area contributed by atoms with Crippen LogP contribution in [0.15, 0.2) is 57.6 Å². The molecule has 0 aliphatic carbocycles. The average molecular weight is 346 g/mol. The second-order valence-corrected chi connectivity index (χ2v) is 5.98. The van der Waals surface area contributed by atoms with Crippen LogP contribution in [0.5, 0.6) is 0 Å². The van der Waals surface area contributed by atoms with Crippen LogP contribution in [0.1, 0.15) is 0 Å². The summed E-state index contributed by atoms with van der Waals surface area (Å²) < 4.78 is 2.70. The van der Waals surface area contributed by atoms with E-state index in [0.29, 0.717) is 0 Å². The van der Waals surface area contributed by atoms with Crippen molar-refractivity contribution >= 4 is 44.4 Å². The first-order chi connectivity index (χ1) is 9.79. The molecule has 0 atom stereocenters. The van der Waals surface area contributed by atoms with Gasteiger partial charge in [-0.3, -0.25) is 0 Å². The van der Waals surface area contributed by atoms with Crippen LogP contribution in [0.4, 0.5) is 0 Å². The lowest BCUT2D eigenvalue weighted by atomic mass is 10.3. The maximum atomic E-state index is 4.54. The third-order valence-corrected chi connectivity index (χ3v) is 4.11. The van der Waals surface area contributed by atoms with Crippen molar-refractivity contribution in [3.8, 4) is 0 Å². The van der Waals surface area contributed by atoms with Crippen molar-refractivity contribution in [1.82, 2.24) is 24.3 Å². The van der Waals surface area contributed by atoms with Crippen LogP contribution in [0.3, 0.4) is 0 Å². The maximum absolute atomic E-state index is 4.54. The van der Waals surface area contributed by atoms with Crippen molar-refractivity contribution in [1.29, 1.82) is 0 Å². The number of nitrogens with one attached hydrogen (secondary N) is 1. The molecule has 4 rings (SSSR count). The molecule has 0 spiro atoms. The molecule has 0 saturated carbocycles. The van der Waals surface area contributed by atoms with Crippen LogP contribution in [-0.4, -0.2) is 24.3 Å². The molecule has 0 unspecified atom stereocenters. The Morgan fingerprint density at radius 2 is 2.10 bits per heavy atom. The van der Waals surface area contributed by atoms with Gasteiger partial charge in [0.2, 0.25) is 0 Å². The number of para-hydroxylation sites is 2. The number of H-pyrrole nitrogens is 1. The highest BCUT2D eigenvalue weighted by atomic mass is 79.9. The Bertz CT molecular complexity index is 880. The second-order valence-electron chi connectivity index (χ2n) is 4.19. The molecule has 1 N–H and O–H groups in total. The van der Waals surface area contributed by atoms with Gasteiger partial charge in [0, 0.05) is 18.6 Å². The monoisotopic (exact) mass is 345 g/mol. The van der Waals surface area contributed by atoms with Crippen molar-refractivity contribution in [2.75, 3.05) is 0 Å². The normalized spacial score (nSPS) is 11.4. The Hall–Kier alpha value is -1.86. The predicted molar refractivity (Wildman–Crippen MR) is 80.9 cm³/mol. The number of aromatic amines is 1. The number of aromatic nitrogens is 5. The van der Waals surface area contributed by atoms with E-state index in [-0.39, 0.29) is 0 Å². The summed E-state index contributed by atoms with van der Waals surface area (Å²) in [5, 5.41) is 1.62. The van der Waals surface area contributed by atoms with Gasteiger partial charge < -0.3 is 9.38 Å². The molecule has 0 aliphatic heterocycles. The second kappa shape index (κ2) is 4.60. The van der Waals surface area contributed by atoms with Gasteiger partial charge in [0.05, 0.1) is 11.0 Å². The largest absolute Gasteiger partial charge is 0.333 e. The minimum Gasteiger partial charge on any atom is -0.333 e. The fourth-order valence-corrected chi connectivity index (χ4v) is 3.41. The van der Waals surface area contributed by atoms with Crippen LogP contribution in [-0.2, 0) is 0 Å². The highest BCUT2D eigenvalue weighted by Crippen LogP contribution is 2.29. The van der Waals surface area contributed by atoms with Crippen molar-refractivity contribution in [2.45, 2.75) is 10.2 Å². The zero-order valence-corrected chi connectivity index (χ0v) is 12.5. The molecule has 1 aromatic carbocycles. The summed E-state index contributed by atoms with van der Waals surface area (Å²) in [4.78, 5) is 16.6. The summed E-state index contributed by atoms with van der Waals surface area (Å²) in [5.41, 5.74) is 2.78. The molecule has 4 aromatic rings. The highest BCUT2D eigenvalue weighted by molar-refractivity contribution is 9.10. The molecule has 0 fully saturated rings. The SMILES string of the molecule is Brc1cn2ccnc2c(Sc2nc3ccccc3[nH]2)n1. The van der Waals surface area contributed by atoms with Gasteiger partial charge in [0.25, 0.3) is 0 Å². The third kappa shape index (κ3) is 1.99. The zero-order valence-electron chi connectivity index (χ0n) is 10.1. The molecule has 3 heterocycles. The summed E-state index contributed by atoms with van der Waals surface area (Å²) in [7, 11) is 0. The Morgan fingerprint density at radius 1 is 1.20 bits per heavy atom. The van der Waals surface area contributed by atoms with E-state index in [1.54, 1.807) is 6.20 Å². The average Bonchev–Trinajstić information content (AvgIpc) is 3.03. The van der Waals surface area contributed by atoms with Crippen molar-refractivity contribution in [3.05, 3.63) is 47.5 Å². The van der Waals surface area contributed by atoms with Crippen LogP contribution in [0.2, 0.25) is 0 Å². The number of hydrogen-bond acceptors (Lipinski definition) is 4. The number of fused-ring (bicyclic) bond motifs is 2. The van der Waals surface area contributed by atoms with E-state index >= 15 is 0 Å². The zero-order chi connectivity index (χ0) is 13.5. The number of hydrogen-bond donors (Lipinski definition) is 1. The molecular weight excluding hydrogens is 338 g/mol. The number of nitrogens with zero attached hydrogens (tertiary/aromatic N) is 4. The fraction of sp³-hybridized carbons (Fsp3) is 0. The number of benzene rings is 1. The summed E-state index contributed by atoms with van der Waals surface area (Å²) in [6.07, 6.45) is 5.53. The van der Waals surface area contributed by atoms with Gasteiger partial charge in [0.15, 0.2) is 10.8 Å². The van der Waals surface area contributed by atoms with Crippen LogP contribution >= 0.6 is 27.7 Å². The maximum Gasteiger partial charge on any atom is 0.172 e. The van der Waals surface area contributed by atoms with E-state index in [9.17, 15) is 0 Å². The van der Waals surface area contributed by atoms with E-state index in [0.717, 1.165) is 31.5 Å². The van der Waals surface area contributed by atoms with Crippen molar-refractivity contribution < 1.29 is 0 Å². The summed E-state index contributed by atoms with van der Waals surface area (Å²) in [5.74, 6) is 0.